The Morgan fingerprint density at radius 2 is 2.00 bits per heavy atom. The lowest BCUT2D eigenvalue weighted by atomic mass is 10.1. The molecule has 0 aliphatic carbocycles. The van der Waals surface area contributed by atoms with Crippen molar-refractivity contribution in [2.45, 2.75) is 19.9 Å². The van der Waals surface area contributed by atoms with Gasteiger partial charge in [-0.15, -0.1) is 0 Å². The molecule has 0 unspecified atom stereocenters. The normalized spacial score (nSPS) is 10.9. The van der Waals surface area contributed by atoms with Crippen LogP contribution in [0.5, 0.6) is 0 Å². The summed E-state index contributed by atoms with van der Waals surface area (Å²) in [6, 6.07) is 8.19. The second-order valence-electron chi connectivity index (χ2n) is 5.68. The fraction of sp³-hybridized carbons (Fsp3) is 0.167. The molecule has 4 rings (SSSR count). The third kappa shape index (κ3) is 3.30. The molecule has 0 saturated carbocycles. The highest BCUT2D eigenvalue weighted by Gasteiger charge is 2.12. The molecule has 0 radical (unpaired) electrons. The maximum atomic E-state index is 5.40. The molecule has 4 aromatic rings. The third-order valence-corrected chi connectivity index (χ3v) is 3.93. The average Bonchev–Trinajstić information content (AvgIpc) is 3.28. The van der Waals surface area contributed by atoms with E-state index in [4.69, 9.17) is 4.52 Å². The van der Waals surface area contributed by atoms with Gasteiger partial charge in [-0.2, -0.15) is 4.98 Å². The molecule has 0 atom stereocenters. The Morgan fingerprint density at radius 3 is 2.84 bits per heavy atom. The summed E-state index contributed by atoms with van der Waals surface area (Å²) in [6.45, 7) is 2.52. The Hall–Kier alpha value is -3.35. The van der Waals surface area contributed by atoms with Crippen molar-refractivity contribution in [1.29, 1.82) is 0 Å². The first kappa shape index (κ1) is 15.2. The summed E-state index contributed by atoms with van der Waals surface area (Å²) in [7, 11) is 0. The Labute approximate surface area is 144 Å². The van der Waals surface area contributed by atoms with E-state index in [0.29, 0.717) is 36.2 Å². The molecule has 0 saturated heterocycles. The molecule has 3 aromatic heterocycles. The maximum Gasteiger partial charge on any atom is 0.246 e. The standard InChI is InChI=1S/C18H16N6O/c1-13-4-2-3-5-14(13)10-16-22-17(25-23-16)12-24-9-8-21-18(24)15-11-19-6-7-20-15/h2-9,11H,10,12H2,1H3. The molecule has 124 valence electrons. The number of hydrogen-bond donors (Lipinski definition) is 0. The van der Waals surface area contributed by atoms with Crippen molar-refractivity contribution < 1.29 is 4.52 Å². The van der Waals surface area contributed by atoms with Crippen molar-refractivity contribution in [3.05, 3.63) is 78.1 Å². The monoisotopic (exact) mass is 332 g/mol. The van der Waals surface area contributed by atoms with E-state index in [1.165, 1.54) is 11.1 Å². The number of rotatable bonds is 5. The van der Waals surface area contributed by atoms with Gasteiger partial charge in [-0.1, -0.05) is 29.4 Å². The molecule has 0 fully saturated rings. The Balaban J connectivity index is 1.53. The number of nitrogens with zero attached hydrogens (tertiary/aromatic N) is 6. The zero-order valence-electron chi connectivity index (χ0n) is 13.7. The lowest BCUT2D eigenvalue weighted by Crippen LogP contribution is -2.03. The zero-order chi connectivity index (χ0) is 17.1. The molecule has 0 bridgehead atoms. The van der Waals surface area contributed by atoms with Crippen LogP contribution in [-0.2, 0) is 13.0 Å². The van der Waals surface area contributed by atoms with Gasteiger partial charge in [0.25, 0.3) is 0 Å². The topological polar surface area (TPSA) is 82.5 Å². The number of aryl methyl sites for hydroxylation is 1. The van der Waals surface area contributed by atoms with Crippen molar-refractivity contribution in [3.8, 4) is 11.5 Å². The summed E-state index contributed by atoms with van der Waals surface area (Å²) in [4.78, 5) is 17.2. The molecule has 0 amide bonds. The number of benzene rings is 1. The summed E-state index contributed by atoms with van der Waals surface area (Å²) in [6.07, 6.45) is 9.17. The largest absolute Gasteiger partial charge is 0.337 e. The van der Waals surface area contributed by atoms with Crippen LogP contribution >= 0.6 is 0 Å². The van der Waals surface area contributed by atoms with Crippen LogP contribution in [0.15, 0.2) is 59.8 Å². The predicted octanol–water partition coefficient (Wildman–Crippen LogP) is 2.67. The first-order valence-corrected chi connectivity index (χ1v) is 7.93. The highest BCUT2D eigenvalue weighted by atomic mass is 16.5. The van der Waals surface area contributed by atoms with E-state index in [1.54, 1.807) is 24.8 Å². The van der Waals surface area contributed by atoms with Crippen LogP contribution in [0.1, 0.15) is 22.8 Å². The molecule has 1 aromatic carbocycles. The highest BCUT2D eigenvalue weighted by molar-refractivity contribution is 5.47. The molecule has 3 heterocycles. The van der Waals surface area contributed by atoms with E-state index >= 15 is 0 Å². The van der Waals surface area contributed by atoms with Crippen LogP contribution < -0.4 is 0 Å². The van der Waals surface area contributed by atoms with Gasteiger partial charge >= 0.3 is 0 Å². The van der Waals surface area contributed by atoms with Crippen molar-refractivity contribution in [2.24, 2.45) is 0 Å². The maximum absolute atomic E-state index is 5.40. The quantitative estimate of drug-likeness (QED) is 0.559. The van der Waals surface area contributed by atoms with Gasteiger partial charge in [-0.05, 0) is 18.1 Å². The summed E-state index contributed by atoms with van der Waals surface area (Å²) in [5.74, 6) is 1.92. The molecule has 0 aliphatic rings. The van der Waals surface area contributed by atoms with Crippen LogP contribution in [0, 0.1) is 6.92 Å². The summed E-state index contributed by atoms with van der Waals surface area (Å²) < 4.78 is 7.31. The Morgan fingerprint density at radius 1 is 1.08 bits per heavy atom. The van der Waals surface area contributed by atoms with Crippen LogP contribution in [0.2, 0.25) is 0 Å². The van der Waals surface area contributed by atoms with Gasteiger partial charge in [0.15, 0.2) is 11.6 Å². The second kappa shape index (κ2) is 6.64. The molecule has 0 N–H and O–H groups in total. The minimum absolute atomic E-state index is 0.437. The van der Waals surface area contributed by atoms with Gasteiger partial charge in [0, 0.05) is 31.2 Å². The summed E-state index contributed by atoms with van der Waals surface area (Å²) >= 11 is 0. The van der Waals surface area contributed by atoms with Crippen LogP contribution in [0.25, 0.3) is 11.5 Å². The molecule has 7 nitrogen and oxygen atoms in total. The van der Waals surface area contributed by atoms with Gasteiger partial charge in [0.2, 0.25) is 5.89 Å². The van der Waals surface area contributed by atoms with E-state index in [2.05, 4.69) is 44.1 Å². The fourth-order valence-electron chi connectivity index (χ4n) is 2.64. The highest BCUT2D eigenvalue weighted by Crippen LogP contribution is 2.16. The zero-order valence-corrected chi connectivity index (χ0v) is 13.7. The van der Waals surface area contributed by atoms with Gasteiger partial charge in [-0.3, -0.25) is 4.98 Å². The van der Waals surface area contributed by atoms with Crippen LogP contribution in [-0.4, -0.2) is 29.7 Å². The molecule has 0 spiro atoms. The van der Waals surface area contributed by atoms with E-state index < -0.39 is 0 Å². The fourth-order valence-corrected chi connectivity index (χ4v) is 2.64. The number of imidazole rings is 1. The van der Waals surface area contributed by atoms with Crippen molar-refractivity contribution in [1.82, 2.24) is 29.7 Å². The van der Waals surface area contributed by atoms with Gasteiger partial charge < -0.3 is 9.09 Å². The second-order valence-corrected chi connectivity index (χ2v) is 5.68. The van der Waals surface area contributed by atoms with Gasteiger partial charge in [0.1, 0.15) is 12.2 Å². The lowest BCUT2D eigenvalue weighted by molar-refractivity contribution is 0.367. The molecule has 7 heteroatoms. The first-order chi connectivity index (χ1) is 12.3. The van der Waals surface area contributed by atoms with E-state index in [1.807, 2.05) is 22.9 Å². The lowest BCUT2D eigenvalue weighted by Gasteiger charge is -2.03. The first-order valence-electron chi connectivity index (χ1n) is 7.93. The van der Waals surface area contributed by atoms with Crippen molar-refractivity contribution in [2.75, 3.05) is 0 Å². The molecule has 25 heavy (non-hydrogen) atoms. The van der Waals surface area contributed by atoms with E-state index in [0.717, 1.165) is 0 Å². The van der Waals surface area contributed by atoms with E-state index in [-0.39, 0.29) is 0 Å². The van der Waals surface area contributed by atoms with Gasteiger partial charge in [0.05, 0.1) is 6.20 Å². The smallest absolute Gasteiger partial charge is 0.246 e. The Bertz CT molecular complexity index is 976. The van der Waals surface area contributed by atoms with Crippen molar-refractivity contribution >= 4 is 0 Å². The van der Waals surface area contributed by atoms with Crippen molar-refractivity contribution in [3.63, 3.8) is 0 Å². The number of aromatic nitrogens is 6. The van der Waals surface area contributed by atoms with Crippen LogP contribution in [0.3, 0.4) is 0 Å². The molecule has 0 aliphatic heterocycles. The average molecular weight is 332 g/mol. The summed E-state index contributed by atoms with van der Waals surface area (Å²) in [5.41, 5.74) is 3.11. The molecular weight excluding hydrogens is 316 g/mol. The Kier molecular flexibility index (Phi) is 4.04. The molecular formula is C18H16N6O. The van der Waals surface area contributed by atoms with Crippen LogP contribution in [0.4, 0.5) is 0 Å². The third-order valence-electron chi connectivity index (χ3n) is 3.93. The SMILES string of the molecule is Cc1ccccc1Cc1noc(Cn2ccnc2-c2cnccn2)n1. The minimum atomic E-state index is 0.437. The minimum Gasteiger partial charge on any atom is -0.337 e. The summed E-state index contributed by atoms with van der Waals surface area (Å²) in [5, 5.41) is 4.09. The number of hydrogen-bond acceptors (Lipinski definition) is 6. The van der Waals surface area contributed by atoms with Gasteiger partial charge in [-0.25, -0.2) is 9.97 Å². The predicted molar refractivity (Wildman–Crippen MR) is 90.6 cm³/mol. The van der Waals surface area contributed by atoms with E-state index in [9.17, 15) is 0 Å².